The van der Waals surface area contributed by atoms with Gasteiger partial charge in [0.2, 0.25) is 6.39 Å². The Morgan fingerprint density at radius 1 is 1.59 bits per heavy atom. The number of rotatable bonds is 6. The van der Waals surface area contributed by atoms with Gasteiger partial charge in [-0.25, -0.2) is 4.79 Å². The summed E-state index contributed by atoms with van der Waals surface area (Å²) in [5.41, 5.74) is 0. The van der Waals surface area contributed by atoms with Crippen molar-refractivity contribution < 1.29 is 19.2 Å². The maximum absolute atomic E-state index is 11.3. The minimum Gasteiger partial charge on any atom is -0.481 e. The summed E-state index contributed by atoms with van der Waals surface area (Å²) in [6.07, 6.45) is 1.56. The van der Waals surface area contributed by atoms with Crippen molar-refractivity contribution in [2.24, 2.45) is 0 Å². The van der Waals surface area contributed by atoms with E-state index >= 15 is 0 Å². The Morgan fingerprint density at radius 2 is 2.35 bits per heavy atom. The Balaban J connectivity index is 2.14. The maximum atomic E-state index is 11.3. The second-order valence-corrected chi connectivity index (χ2v) is 3.50. The summed E-state index contributed by atoms with van der Waals surface area (Å²) in [4.78, 5) is 25.4. The van der Waals surface area contributed by atoms with Crippen LogP contribution < -0.4 is 10.6 Å². The number of carbonyl (C=O) groups excluding carboxylic acids is 1. The van der Waals surface area contributed by atoms with E-state index in [1.165, 1.54) is 6.39 Å². The van der Waals surface area contributed by atoms with Gasteiger partial charge in [0, 0.05) is 19.0 Å². The first-order chi connectivity index (χ1) is 8.08. The normalized spacial score (nSPS) is 11.8. The quantitative estimate of drug-likeness (QED) is 0.634. The van der Waals surface area contributed by atoms with E-state index in [1.54, 1.807) is 6.92 Å². The van der Waals surface area contributed by atoms with E-state index in [-0.39, 0.29) is 6.42 Å². The zero-order chi connectivity index (χ0) is 12.7. The molecule has 0 bridgehead atoms. The number of amides is 2. The van der Waals surface area contributed by atoms with Gasteiger partial charge in [0.15, 0.2) is 5.82 Å². The van der Waals surface area contributed by atoms with Crippen molar-refractivity contribution >= 4 is 12.0 Å². The Kier molecular flexibility index (Phi) is 4.92. The highest BCUT2D eigenvalue weighted by Gasteiger charge is 2.10. The molecule has 1 aromatic heterocycles. The summed E-state index contributed by atoms with van der Waals surface area (Å²) >= 11 is 0. The highest BCUT2D eigenvalue weighted by molar-refractivity contribution is 5.75. The van der Waals surface area contributed by atoms with Gasteiger partial charge in [0.1, 0.15) is 0 Å². The summed E-state index contributed by atoms with van der Waals surface area (Å²) in [5, 5.41) is 17.1. The number of aliphatic carboxylic acids is 1. The van der Waals surface area contributed by atoms with E-state index in [1.807, 2.05) is 0 Å². The molecule has 1 aromatic rings. The fourth-order valence-corrected chi connectivity index (χ4v) is 1.18. The molecule has 0 aliphatic heterocycles. The number of nitrogens with one attached hydrogen (secondary N) is 2. The van der Waals surface area contributed by atoms with Crippen molar-refractivity contribution in [3.63, 3.8) is 0 Å². The standard InChI is InChI=1S/C9H14N4O4/c1-6(4-8(14)15)12-9(16)10-3-2-7-11-5-17-13-7/h5-6H,2-4H2,1H3,(H,14,15)(H2,10,12,16). The zero-order valence-electron chi connectivity index (χ0n) is 9.34. The van der Waals surface area contributed by atoms with Gasteiger partial charge in [-0.1, -0.05) is 5.16 Å². The first-order valence-electron chi connectivity index (χ1n) is 5.09. The zero-order valence-corrected chi connectivity index (χ0v) is 9.34. The fourth-order valence-electron chi connectivity index (χ4n) is 1.18. The van der Waals surface area contributed by atoms with Crippen LogP contribution in [0.15, 0.2) is 10.9 Å². The molecule has 1 atom stereocenters. The van der Waals surface area contributed by atoms with Crippen LogP contribution >= 0.6 is 0 Å². The van der Waals surface area contributed by atoms with Crippen LogP contribution in [0.2, 0.25) is 0 Å². The van der Waals surface area contributed by atoms with Gasteiger partial charge in [-0.3, -0.25) is 4.79 Å². The van der Waals surface area contributed by atoms with E-state index in [0.29, 0.717) is 18.8 Å². The molecule has 0 aliphatic carbocycles. The third-order valence-corrected chi connectivity index (χ3v) is 1.90. The molecule has 0 spiro atoms. The third-order valence-electron chi connectivity index (χ3n) is 1.90. The van der Waals surface area contributed by atoms with Crippen molar-refractivity contribution in [2.75, 3.05) is 6.54 Å². The van der Waals surface area contributed by atoms with E-state index in [9.17, 15) is 9.59 Å². The van der Waals surface area contributed by atoms with Crippen LogP contribution in [-0.4, -0.2) is 39.8 Å². The second-order valence-electron chi connectivity index (χ2n) is 3.50. The van der Waals surface area contributed by atoms with Crippen molar-refractivity contribution in [1.29, 1.82) is 0 Å². The second kappa shape index (κ2) is 6.46. The van der Waals surface area contributed by atoms with Gasteiger partial charge in [-0.15, -0.1) is 0 Å². The minimum absolute atomic E-state index is 0.113. The van der Waals surface area contributed by atoms with Crippen LogP contribution in [0.1, 0.15) is 19.2 Å². The van der Waals surface area contributed by atoms with E-state index < -0.39 is 18.0 Å². The maximum Gasteiger partial charge on any atom is 0.315 e. The average Bonchev–Trinajstić information content (AvgIpc) is 2.68. The molecule has 1 rings (SSSR count). The Labute approximate surface area is 97.4 Å². The summed E-state index contributed by atoms with van der Waals surface area (Å²) in [5.74, 6) is -0.450. The molecule has 17 heavy (non-hydrogen) atoms. The first kappa shape index (κ1) is 12.9. The Bertz CT molecular complexity index is 365. The van der Waals surface area contributed by atoms with Crippen molar-refractivity contribution in [1.82, 2.24) is 20.8 Å². The lowest BCUT2D eigenvalue weighted by Crippen LogP contribution is -2.42. The minimum atomic E-state index is -0.954. The van der Waals surface area contributed by atoms with E-state index in [2.05, 4.69) is 25.3 Å². The predicted octanol–water partition coefficient (Wildman–Crippen LogP) is -0.225. The predicted molar refractivity (Wildman–Crippen MR) is 56.3 cm³/mol. The monoisotopic (exact) mass is 242 g/mol. The number of urea groups is 1. The first-order valence-corrected chi connectivity index (χ1v) is 5.09. The van der Waals surface area contributed by atoms with Crippen LogP contribution in [0.4, 0.5) is 4.79 Å². The molecule has 8 heteroatoms. The number of hydrogen-bond acceptors (Lipinski definition) is 5. The topological polar surface area (TPSA) is 117 Å². The van der Waals surface area contributed by atoms with Gasteiger partial charge in [0.05, 0.1) is 6.42 Å². The van der Waals surface area contributed by atoms with Crippen molar-refractivity contribution in [3.05, 3.63) is 12.2 Å². The molecule has 3 N–H and O–H groups in total. The molecular formula is C9H14N4O4. The molecule has 2 amide bonds. The Morgan fingerprint density at radius 3 is 2.94 bits per heavy atom. The van der Waals surface area contributed by atoms with Gasteiger partial charge in [0.25, 0.3) is 0 Å². The summed E-state index contributed by atoms with van der Waals surface area (Å²) in [6.45, 7) is 1.97. The molecule has 1 heterocycles. The van der Waals surface area contributed by atoms with Crippen LogP contribution in [0.3, 0.4) is 0 Å². The van der Waals surface area contributed by atoms with E-state index in [4.69, 9.17) is 5.11 Å². The SMILES string of the molecule is CC(CC(=O)O)NC(=O)NCCc1ncon1. The van der Waals surface area contributed by atoms with Gasteiger partial charge in [-0.05, 0) is 6.92 Å². The smallest absolute Gasteiger partial charge is 0.315 e. The van der Waals surface area contributed by atoms with Crippen LogP contribution in [0, 0.1) is 0 Å². The molecule has 0 aromatic carbocycles. The van der Waals surface area contributed by atoms with Crippen LogP contribution in [0.5, 0.6) is 0 Å². The number of hydrogen-bond donors (Lipinski definition) is 3. The number of nitrogens with zero attached hydrogens (tertiary/aromatic N) is 2. The molecule has 1 unspecified atom stereocenters. The van der Waals surface area contributed by atoms with Gasteiger partial charge >= 0.3 is 12.0 Å². The largest absolute Gasteiger partial charge is 0.481 e. The summed E-state index contributed by atoms with van der Waals surface area (Å²) in [7, 11) is 0. The lowest BCUT2D eigenvalue weighted by molar-refractivity contribution is -0.137. The molecule has 0 saturated carbocycles. The fraction of sp³-hybridized carbons (Fsp3) is 0.556. The molecule has 8 nitrogen and oxygen atoms in total. The van der Waals surface area contributed by atoms with Crippen LogP contribution in [0.25, 0.3) is 0 Å². The lowest BCUT2D eigenvalue weighted by atomic mass is 10.2. The van der Waals surface area contributed by atoms with E-state index in [0.717, 1.165) is 0 Å². The van der Waals surface area contributed by atoms with Crippen LogP contribution in [-0.2, 0) is 11.2 Å². The molecule has 0 aliphatic rings. The molecule has 94 valence electrons. The lowest BCUT2D eigenvalue weighted by Gasteiger charge is -2.11. The van der Waals surface area contributed by atoms with Gasteiger partial charge in [-0.2, -0.15) is 4.98 Å². The third kappa shape index (κ3) is 5.50. The van der Waals surface area contributed by atoms with Crippen molar-refractivity contribution in [3.8, 4) is 0 Å². The number of carboxylic acids is 1. The Hall–Kier alpha value is -2.12. The number of carbonyl (C=O) groups is 2. The van der Waals surface area contributed by atoms with Gasteiger partial charge < -0.3 is 20.3 Å². The molecule has 0 radical (unpaired) electrons. The van der Waals surface area contributed by atoms with Crippen molar-refractivity contribution in [2.45, 2.75) is 25.8 Å². The molecular weight excluding hydrogens is 228 g/mol. The molecule has 0 fully saturated rings. The number of aromatic nitrogens is 2. The number of carboxylic acid groups (broad SMARTS) is 1. The highest BCUT2D eigenvalue weighted by Crippen LogP contribution is 1.90. The summed E-state index contributed by atoms with van der Waals surface area (Å²) in [6, 6.07) is -0.833. The molecule has 0 saturated heterocycles. The average molecular weight is 242 g/mol. The summed E-state index contributed by atoms with van der Waals surface area (Å²) < 4.78 is 4.53. The highest BCUT2D eigenvalue weighted by atomic mass is 16.5.